The smallest absolute Gasteiger partial charge is 0.299 e. The number of hydrogen-bond donors (Lipinski definition) is 0. The van der Waals surface area contributed by atoms with Crippen LogP contribution in [0.1, 0.15) is 17.5 Å². The summed E-state index contributed by atoms with van der Waals surface area (Å²) in [5, 5.41) is 0. The van der Waals surface area contributed by atoms with Crippen molar-refractivity contribution in [2.75, 3.05) is 0 Å². The molecule has 0 aliphatic heterocycles. The highest BCUT2D eigenvalue weighted by molar-refractivity contribution is 5.81. The van der Waals surface area contributed by atoms with E-state index in [1.807, 2.05) is 0 Å². The predicted molar refractivity (Wildman–Crippen MR) is 50.6 cm³/mol. The Labute approximate surface area is 85.9 Å². The van der Waals surface area contributed by atoms with Crippen molar-refractivity contribution in [2.45, 2.75) is 25.9 Å². The van der Waals surface area contributed by atoms with Gasteiger partial charge >= 0.3 is 6.18 Å². The third-order valence-electron chi connectivity index (χ3n) is 2.05. The van der Waals surface area contributed by atoms with Crippen molar-refractivity contribution in [1.29, 1.82) is 0 Å². The molecule has 0 unspecified atom stereocenters. The van der Waals surface area contributed by atoms with Crippen LogP contribution in [0.3, 0.4) is 0 Å². The molecule has 0 heterocycles. The number of carbonyl (C=O) groups excluding carboxylic acids is 1. The summed E-state index contributed by atoms with van der Waals surface area (Å²) in [6.07, 6.45) is -5.90. The number of benzene rings is 1. The lowest BCUT2D eigenvalue weighted by molar-refractivity contribution is -0.151. The highest BCUT2D eigenvalue weighted by Gasteiger charge is 2.30. The van der Waals surface area contributed by atoms with Gasteiger partial charge in [0, 0.05) is 6.42 Å². The van der Waals surface area contributed by atoms with Crippen molar-refractivity contribution < 1.29 is 18.0 Å². The zero-order valence-corrected chi connectivity index (χ0v) is 8.27. The van der Waals surface area contributed by atoms with E-state index >= 15 is 0 Å². The molecule has 0 radical (unpaired) electrons. The lowest BCUT2D eigenvalue weighted by Gasteiger charge is -2.07. The number of hydrogen-bond acceptors (Lipinski definition) is 1. The topological polar surface area (TPSA) is 17.1 Å². The molecular weight excluding hydrogens is 205 g/mol. The van der Waals surface area contributed by atoms with Gasteiger partial charge in [-0.15, -0.1) is 0 Å². The number of rotatable bonds is 3. The highest BCUT2D eigenvalue weighted by Crippen LogP contribution is 2.21. The average Bonchev–Trinajstić information content (AvgIpc) is 2.05. The van der Waals surface area contributed by atoms with E-state index < -0.39 is 18.4 Å². The second-order valence-electron chi connectivity index (χ2n) is 3.43. The van der Waals surface area contributed by atoms with Crippen LogP contribution in [0.25, 0.3) is 0 Å². The number of aryl methyl sites for hydroxylation is 1. The van der Waals surface area contributed by atoms with Gasteiger partial charge in [0.2, 0.25) is 0 Å². The third-order valence-corrected chi connectivity index (χ3v) is 2.05. The van der Waals surface area contributed by atoms with Gasteiger partial charge in [0.15, 0.2) is 0 Å². The normalized spacial score (nSPS) is 11.5. The van der Waals surface area contributed by atoms with Crippen LogP contribution < -0.4 is 0 Å². The summed E-state index contributed by atoms with van der Waals surface area (Å²) in [6, 6.07) is 6.94. The van der Waals surface area contributed by atoms with Gasteiger partial charge in [-0.3, -0.25) is 4.79 Å². The number of halogens is 3. The molecule has 15 heavy (non-hydrogen) atoms. The monoisotopic (exact) mass is 216 g/mol. The molecule has 1 aromatic carbocycles. The van der Waals surface area contributed by atoms with Gasteiger partial charge in [0.05, 0.1) is 0 Å². The Morgan fingerprint density at radius 2 is 1.87 bits per heavy atom. The molecule has 1 nitrogen and oxygen atoms in total. The summed E-state index contributed by atoms with van der Waals surface area (Å²) in [4.78, 5) is 11.1. The number of alkyl halides is 3. The van der Waals surface area contributed by atoms with Gasteiger partial charge in [-0.25, -0.2) is 0 Å². The molecule has 0 aliphatic rings. The molecule has 0 bridgehead atoms. The lowest BCUT2D eigenvalue weighted by Crippen LogP contribution is -2.16. The summed E-state index contributed by atoms with van der Waals surface area (Å²) in [5.74, 6) is -0.795. The van der Waals surface area contributed by atoms with Crippen LogP contribution in [0, 0.1) is 6.92 Å². The van der Waals surface area contributed by atoms with Crippen molar-refractivity contribution in [2.24, 2.45) is 0 Å². The van der Waals surface area contributed by atoms with Crippen LogP contribution in [-0.2, 0) is 11.2 Å². The molecule has 0 fully saturated rings. The van der Waals surface area contributed by atoms with Gasteiger partial charge in [-0.05, 0) is 18.1 Å². The van der Waals surface area contributed by atoms with Gasteiger partial charge in [0.25, 0.3) is 0 Å². The summed E-state index contributed by atoms with van der Waals surface area (Å²) in [7, 11) is 0. The van der Waals surface area contributed by atoms with E-state index in [4.69, 9.17) is 0 Å². The Hall–Kier alpha value is -1.32. The maximum absolute atomic E-state index is 11.9. The zero-order valence-electron chi connectivity index (χ0n) is 8.27. The fraction of sp³-hybridized carbons (Fsp3) is 0.364. The van der Waals surface area contributed by atoms with Gasteiger partial charge in [-0.1, -0.05) is 24.3 Å². The first-order chi connectivity index (χ1) is 6.88. The maximum Gasteiger partial charge on any atom is 0.395 e. The molecule has 82 valence electrons. The maximum atomic E-state index is 11.9. The molecule has 0 aromatic heterocycles. The van der Waals surface area contributed by atoms with E-state index in [1.54, 1.807) is 31.2 Å². The van der Waals surface area contributed by atoms with Crippen LogP contribution >= 0.6 is 0 Å². The summed E-state index contributed by atoms with van der Waals surface area (Å²) >= 11 is 0. The van der Waals surface area contributed by atoms with Crippen molar-refractivity contribution in [1.82, 2.24) is 0 Å². The van der Waals surface area contributed by atoms with Crippen LogP contribution in [0.4, 0.5) is 13.2 Å². The first kappa shape index (κ1) is 11.8. The molecule has 0 aliphatic carbocycles. The molecule has 4 heteroatoms. The fourth-order valence-electron chi connectivity index (χ4n) is 1.31. The summed E-state index contributed by atoms with van der Waals surface area (Å²) in [5.41, 5.74) is 1.50. The van der Waals surface area contributed by atoms with E-state index in [-0.39, 0.29) is 6.42 Å². The SMILES string of the molecule is Cc1ccccc1CC(=O)CC(F)(F)F. The summed E-state index contributed by atoms with van der Waals surface area (Å²) in [6.45, 7) is 1.77. The Balaban J connectivity index is 2.64. The van der Waals surface area contributed by atoms with Crippen LogP contribution in [-0.4, -0.2) is 12.0 Å². The molecule has 0 amide bonds. The molecule has 0 atom stereocenters. The lowest BCUT2D eigenvalue weighted by atomic mass is 10.0. The average molecular weight is 216 g/mol. The first-order valence-corrected chi connectivity index (χ1v) is 4.51. The van der Waals surface area contributed by atoms with Crippen molar-refractivity contribution in [3.63, 3.8) is 0 Å². The van der Waals surface area contributed by atoms with Crippen molar-refractivity contribution >= 4 is 5.78 Å². The van der Waals surface area contributed by atoms with Gasteiger partial charge in [-0.2, -0.15) is 13.2 Å². The Bertz CT molecular complexity index is 355. The Morgan fingerprint density at radius 1 is 1.27 bits per heavy atom. The van der Waals surface area contributed by atoms with E-state index in [2.05, 4.69) is 0 Å². The minimum atomic E-state index is -4.40. The van der Waals surface area contributed by atoms with E-state index in [0.717, 1.165) is 5.56 Å². The number of Topliss-reactive ketones (excluding diaryl/α,β-unsaturated/α-hetero) is 1. The van der Waals surface area contributed by atoms with Crippen molar-refractivity contribution in [3.8, 4) is 0 Å². The molecule has 1 rings (SSSR count). The Morgan fingerprint density at radius 3 is 2.40 bits per heavy atom. The number of ketones is 1. The molecule has 0 spiro atoms. The minimum absolute atomic E-state index is 0.147. The van der Waals surface area contributed by atoms with Gasteiger partial charge < -0.3 is 0 Å². The highest BCUT2D eigenvalue weighted by atomic mass is 19.4. The van der Waals surface area contributed by atoms with Crippen LogP contribution in [0.5, 0.6) is 0 Å². The molecule has 0 saturated heterocycles. The van der Waals surface area contributed by atoms with Crippen LogP contribution in [0.15, 0.2) is 24.3 Å². The Kier molecular flexibility index (Phi) is 3.50. The quantitative estimate of drug-likeness (QED) is 0.758. The zero-order chi connectivity index (χ0) is 11.5. The fourth-order valence-corrected chi connectivity index (χ4v) is 1.31. The standard InChI is InChI=1S/C11H11F3O/c1-8-4-2-3-5-9(8)6-10(15)7-11(12,13)14/h2-5H,6-7H2,1H3. The van der Waals surface area contributed by atoms with Gasteiger partial charge in [0.1, 0.15) is 12.2 Å². The van der Waals surface area contributed by atoms with E-state index in [9.17, 15) is 18.0 Å². The van der Waals surface area contributed by atoms with E-state index in [0.29, 0.717) is 5.56 Å². The summed E-state index contributed by atoms with van der Waals surface area (Å²) < 4.78 is 35.7. The molecule has 1 aromatic rings. The largest absolute Gasteiger partial charge is 0.395 e. The number of carbonyl (C=O) groups is 1. The van der Waals surface area contributed by atoms with E-state index in [1.165, 1.54) is 0 Å². The molecular formula is C11H11F3O. The third kappa shape index (κ3) is 4.14. The predicted octanol–water partition coefficient (Wildman–Crippen LogP) is 3.06. The second-order valence-corrected chi connectivity index (χ2v) is 3.43. The first-order valence-electron chi connectivity index (χ1n) is 4.51. The molecule has 0 N–H and O–H groups in total. The second kappa shape index (κ2) is 4.47. The minimum Gasteiger partial charge on any atom is -0.299 e. The molecule has 0 saturated carbocycles. The van der Waals surface area contributed by atoms with Crippen molar-refractivity contribution in [3.05, 3.63) is 35.4 Å². The van der Waals surface area contributed by atoms with Crippen LogP contribution in [0.2, 0.25) is 0 Å².